The minimum atomic E-state index is -3.71. The lowest BCUT2D eigenvalue weighted by molar-refractivity contribution is -0.286. The maximum absolute atomic E-state index is 13.2. The number of hydrogen-bond acceptors (Lipinski definition) is 5. The van der Waals surface area contributed by atoms with Gasteiger partial charge in [0.1, 0.15) is 5.82 Å². The highest BCUT2D eigenvalue weighted by molar-refractivity contribution is 6.33. The molecule has 0 aliphatic carbocycles. The highest BCUT2D eigenvalue weighted by Crippen LogP contribution is 2.46. The second-order valence-corrected chi connectivity index (χ2v) is 6.66. The Balaban J connectivity index is 0.00000117. The number of alkyl halides is 2. The molecule has 0 saturated carbocycles. The molecule has 2 aliphatic heterocycles. The molecule has 0 radical (unpaired) electrons. The van der Waals surface area contributed by atoms with Gasteiger partial charge in [0.25, 0.3) is 0 Å². The smallest absolute Gasteiger partial charge is 0.395 e. The van der Waals surface area contributed by atoms with Crippen molar-refractivity contribution in [3.8, 4) is 22.6 Å². The van der Waals surface area contributed by atoms with Crippen LogP contribution < -0.4 is 14.8 Å². The molecule has 1 amide bonds. The van der Waals surface area contributed by atoms with Gasteiger partial charge >= 0.3 is 6.29 Å². The van der Waals surface area contributed by atoms with Crippen LogP contribution >= 0.6 is 11.6 Å². The molecule has 4 rings (SSSR count). The van der Waals surface area contributed by atoms with Crippen molar-refractivity contribution in [2.45, 2.75) is 33.0 Å². The number of pyridine rings is 1. The standard InChI is InChI=1S/C18H15ClF2N2O4.C2H6/c19-13-8-15-14(26-18(20,21)27-15)7-12(13)11-1-2-16(22-9-11)23-17(24)10-3-5-25-6-4-10;1-2/h1-2,7-10H,3-6H2,(H,22,23,24);1-2H3. The Labute approximate surface area is 172 Å². The summed E-state index contributed by atoms with van der Waals surface area (Å²) in [5.74, 6) is -0.0101. The van der Waals surface area contributed by atoms with Gasteiger partial charge in [-0.25, -0.2) is 4.98 Å². The first-order chi connectivity index (χ1) is 13.9. The Morgan fingerprint density at radius 2 is 1.83 bits per heavy atom. The topological polar surface area (TPSA) is 69.7 Å². The number of benzene rings is 1. The monoisotopic (exact) mass is 426 g/mol. The van der Waals surface area contributed by atoms with Crippen LogP contribution in [0, 0.1) is 5.92 Å². The van der Waals surface area contributed by atoms with Gasteiger partial charge in [0, 0.05) is 42.5 Å². The molecular formula is C20H21ClF2N2O4. The van der Waals surface area contributed by atoms with Crippen LogP contribution in [0.2, 0.25) is 5.02 Å². The molecule has 29 heavy (non-hydrogen) atoms. The molecule has 3 heterocycles. The van der Waals surface area contributed by atoms with E-state index in [1.54, 1.807) is 12.1 Å². The second-order valence-electron chi connectivity index (χ2n) is 6.25. The van der Waals surface area contributed by atoms with Crippen molar-refractivity contribution in [2.24, 2.45) is 5.92 Å². The third-order valence-electron chi connectivity index (χ3n) is 4.41. The van der Waals surface area contributed by atoms with Crippen LogP contribution in [0.25, 0.3) is 11.1 Å². The van der Waals surface area contributed by atoms with Crippen molar-refractivity contribution in [3.63, 3.8) is 0 Å². The molecule has 2 aliphatic rings. The van der Waals surface area contributed by atoms with Crippen molar-refractivity contribution >= 4 is 23.3 Å². The van der Waals surface area contributed by atoms with E-state index in [9.17, 15) is 13.6 Å². The largest absolute Gasteiger partial charge is 0.586 e. The van der Waals surface area contributed by atoms with Crippen molar-refractivity contribution in [1.82, 2.24) is 4.98 Å². The number of carbonyl (C=O) groups excluding carboxylic acids is 1. The van der Waals surface area contributed by atoms with E-state index in [0.29, 0.717) is 43.0 Å². The van der Waals surface area contributed by atoms with E-state index in [2.05, 4.69) is 19.8 Å². The Kier molecular flexibility index (Phi) is 6.54. The van der Waals surface area contributed by atoms with Gasteiger partial charge in [-0.15, -0.1) is 8.78 Å². The zero-order chi connectivity index (χ0) is 21.0. The fourth-order valence-electron chi connectivity index (χ4n) is 3.01. The van der Waals surface area contributed by atoms with Crippen LogP contribution in [0.1, 0.15) is 26.7 Å². The minimum Gasteiger partial charge on any atom is -0.395 e. The summed E-state index contributed by atoms with van der Waals surface area (Å²) < 4.78 is 40.4. The number of nitrogens with zero attached hydrogens (tertiary/aromatic N) is 1. The van der Waals surface area contributed by atoms with Gasteiger partial charge in [-0.2, -0.15) is 0 Å². The highest BCUT2D eigenvalue weighted by Gasteiger charge is 2.43. The summed E-state index contributed by atoms with van der Waals surface area (Å²) >= 11 is 6.17. The molecule has 1 aromatic carbocycles. The quantitative estimate of drug-likeness (QED) is 0.738. The van der Waals surface area contributed by atoms with Gasteiger partial charge in [0.15, 0.2) is 11.5 Å². The number of amides is 1. The Hall–Kier alpha value is -2.45. The maximum atomic E-state index is 13.2. The van der Waals surface area contributed by atoms with E-state index in [1.807, 2.05) is 13.8 Å². The zero-order valence-corrected chi connectivity index (χ0v) is 16.8. The SMILES string of the molecule is CC.O=C(Nc1ccc(-c2cc3c(cc2Cl)OC(F)(F)O3)cn1)C1CCOCC1. The molecule has 156 valence electrons. The first kappa shape index (κ1) is 21.3. The predicted octanol–water partition coefficient (Wildman–Crippen LogP) is 5.11. The lowest BCUT2D eigenvalue weighted by Crippen LogP contribution is -2.28. The summed E-state index contributed by atoms with van der Waals surface area (Å²) in [6.07, 6.45) is -0.843. The van der Waals surface area contributed by atoms with Gasteiger partial charge in [0.2, 0.25) is 5.91 Å². The van der Waals surface area contributed by atoms with Gasteiger partial charge in [-0.1, -0.05) is 25.4 Å². The summed E-state index contributed by atoms with van der Waals surface area (Å²) in [6, 6.07) is 5.96. The number of rotatable bonds is 3. The average Bonchev–Trinajstić information content (AvgIpc) is 3.03. The van der Waals surface area contributed by atoms with Crippen molar-refractivity contribution in [3.05, 3.63) is 35.5 Å². The molecule has 0 atom stereocenters. The number of carbonyl (C=O) groups is 1. The minimum absolute atomic E-state index is 0.0924. The molecule has 0 bridgehead atoms. The zero-order valence-electron chi connectivity index (χ0n) is 16.0. The third kappa shape index (κ3) is 4.94. The molecule has 2 aromatic rings. The van der Waals surface area contributed by atoms with E-state index in [0.717, 1.165) is 0 Å². The normalized spacial score (nSPS) is 17.3. The van der Waals surface area contributed by atoms with Gasteiger partial charge < -0.3 is 19.5 Å². The lowest BCUT2D eigenvalue weighted by atomic mass is 9.99. The molecule has 9 heteroatoms. The lowest BCUT2D eigenvalue weighted by Gasteiger charge is -2.20. The van der Waals surface area contributed by atoms with Crippen LogP contribution in [0.15, 0.2) is 30.5 Å². The first-order valence-electron chi connectivity index (χ1n) is 9.36. The molecular weight excluding hydrogens is 406 g/mol. The van der Waals surface area contributed by atoms with Crippen molar-refractivity contribution in [1.29, 1.82) is 0 Å². The van der Waals surface area contributed by atoms with Gasteiger partial charge in [0.05, 0.1) is 5.02 Å². The van der Waals surface area contributed by atoms with Gasteiger partial charge in [-0.3, -0.25) is 4.79 Å². The summed E-state index contributed by atoms with van der Waals surface area (Å²) in [5.41, 5.74) is 1.05. The van der Waals surface area contributed by atoms with Crippen molar-refractivity contribution < 1.29 is 27.8 Å². The number of aromatic nitrogens is 1. The number of hydrogen-bond donors (Lipinski definition) is 1. The summed E-state index contributed by atoms with van der Waals surface area (Å²) in [6.45, 7) is 5.15. The van der Waals surface area contributed by atoms with Crippen LogP contribution in [0.4, 0.5) is 14.6 Å². The van der Waals surface area contributed by atoms with E-state index >= 15 is 0 Å². The average molecular weight is 427 g/mol. The Morgan fingerprint density at radius 1 is 1.17 bits per heavy atom. The fraction of sp³-hybridized carbons (Fsp3) is 0.400. The van der Waals surface area contributed by atoms with Crippen LogP contribution in [0.3, 0.4) is 0 Å². The van der Waals surface area contributed by atoms with Crippen molar-refractivity contribution in [2.75, 3.05) is 18.5 Å². The molecule has 0 unspecified atom stereocenters. The number of fused-ring (bicyclic) bond motifs is 1. The van der Waals surface area contributed by atoms with Crippen LogP contribution in [0.5, 0.6) is 11.5 Å². The van der Waals surface area contributed by atoms with Crippen LogP contribution in [-0.4, -0.2) is 30.4 Å². The fourth-order valence-corrected chi connectivity index (χ4v) is 3.27. The number of anilines is 1. The summed E-state index contributed by atoms with van der Waals surface area (Å²) in [7, 11) is 0. The summed E-state index contributed by atoms with van der Waals surface area (Å²) in [4.78, 5) is 16.4. The first-order valence-corrected chi connectivity index (χ1v) is 9.73. The number of nitrogens with one attached hydrogen (secondary N) is 1. The highest BCUT2D eigenvalue weighted by atomic mass is 35.5. The van der Waals surface area contributed by atoms with Gasteiger partial charge in [-0.05, 0) is 31.0 Å². The van der Waals surface area contributed by atoms with E-state index in [1.165, 1.54) is 18.3 Å². The second kappa shape index (κ2) is 8.92. The Bertz CT molecular complexity index is 872. The molecule has 1 fully saturated rings. The van der Waals surface area contributed by atoms with E-state index in [-0.39, 0.29) is 28.3 Å². The summed E-state index contributed by atoms with van der Waals surface area (Å²) in [5, 5.41) is 2.99. The van der Waals surface area contributed by atoms with Crippen LogP contribution in [-0.2, 0) is 9.53 Å². The number of halogens is 3. The maximum Gasteiger partial charge on any atom is 0.586 e. The van der Waals surface area contributed by atoms with E-state index in [4.69, 9.17) is 16.3 Å². The molecule has 0 spiro atoms. The molecule has 1 saturated heterocycles. The molecule has 1 N–H and O–H groups in total. The Morgan fingerprint density at radius 3 is 2.45 bits per heavy atom. The predicted molar refractivity (Wildman–Crippen MR) is 104 cm³/mol. The van der Waals surface area contributed by atoms with E-state index < -0.39 is 6.29 Å². The molecule has 1 aromatic heterocycles. The molecule has 6 nitrogen and oxygen atoms in total. The third-order valence-corrected chi connectivity index (χ3v) is 4.72. The number of ether oxygens (including phenoxy) is 3.